The minimum atomic E-state index is -1.31. The van der Waals surface area contributed by atoms with Gasteiger partial charge in [-0.25, -0.2) is 9.59 Å². The average molecular weight is 330 g/mol. The van der Waals surface area contributed by atoms with Gasteiger partial charge in [0.2, 0.25) is 11.5 Å². The van der Waals surface area contributed by atoms with Crippen LogP contribution in [0.15, 0.2) is 63.4 Å². The van der Waals surface area contributed by atoms with E-state index in [1.807, 2.05) is 30.3 Å². The summed E-state index contributed by atoms with van der Waals surface area (Å²) in [6.45, 7) is 0. The van der Waals surface area contributed by atoms with Crippen LogP contribution in [0.1, 0.15) is 21.1 Å². The lowest BCUT2D eigenvalue weighted by molar-refractivity contribution is 0.0655. The number of furan rings is 2. The Labute approximate surface area is 131 Å². The molecule has 0 aliphatic heterocycles. The first-order valence-electron chi connectivity index (χ1n) is 6.57. The second-order valence-electron chi connectivity index (χ2n) is 4.56. The third-order valence-corrected chi connectivity index (χ3v) is 5.24. The standard InChI is InChI=1S/C16H11O6P/c17-15(18)11-6-8-13(21-11)23(10-4-2-1-3-5-10)14-9-7-12(22-14)16(19)20/h1-9H,(H,17,18)(H,19,20). The molecular formula is C16H11O6P. The van der Waals surface area contributed by atoms with Crippen LogP contribution in [0.2, 0.25) is 0 Å². The molecule has 6 nitrogen and oxygen atoms in total. The lowest BCUT2D eigenvalue weighted by atomic mass is 10.4. The molecule has 0 fully saturated rings. The zero-order valence-electron chi connectivity index (χ0n) is 11.7. The molecule has 3 rings (SSSR count). The minimum absolute atomic E-state index is 0.173. The molecule has 116 valence electrons. The van der Waals surface area contributed by atoms with Gasteiger partial charge in [-0.2, -0.15) is 0 Å². The van der Waals surface area contributed by atoms with Gasteiger partial charge in [-0.3, -0.25) is 0 Å². The predicted molar refractivity (Wildman–Crippen MR) is 83.6 cm³/mol. The molecule has 3 aromatic rings. The van der Waals surface area contributed by atoms with Gasteiger partial charge in [-0.1, -0.05) is 30.3 Å². The Morgan fingerprint density at radius 2 is 1.22 bits per heavy atom. The van der Waals surface area contributed by atoms with Gasteiger partial charge in [-0.15, -0.1) is 0 Å². The van der Waals surface area contributed by atoms with Crippen LogP contribution in [0.3, 0.4) is 0 Å². The van der Waals surface area contributed by atoms with Crippen molar-refractivity contribution >= 4 is 36.2 Å². The maximum atomic E-state index is 11.0. The van der Waals surface area contributed by atoms with Crippen LogP contribution in [0.25, 0.3) is 0 Å². The average Bonchev–Trinajstić information content (AvgIpc) is 3.19. The second kappa shape index (κ2) is 6.10. The molecule has 0 spiro atoms. The van der Waals surface area contributed by atoms with Crippen LogP contribution >= 0.6 is 7.92 Å². The molecule has 2 heterocycles. The molecule has 0 atom stereocenters. The quantitative estimate of drug-likeness (QED) is 0.694. The molecule has 1 aromatic carbocycles. The molecule has 0 saturated carbocycles. The summed E-state index contributed by atoms with van der Waals surface area (Å²) in [5, 5.41) is 18.9. The molecular weight excluding hydrogens is 319 g/mol. The molecule has 0 bridgehead atoms. The van der Waals surface area contributed by atoms with Crippen molar-refractivity contribution in [1.82, 2.24) is 0 Å². The summed E-state index contributed by atoms with van der Waals surface area (Å²) < 4.78 is 10.8. The summed E-state index contributed by atoms with van der Waals surface area (Å²) in [5.74, 6) is -2.67. The van der Waals surface area contributed by atoms with Crippen LogP contribution < -0.4 is 16.3 Å². The van der Waals surface area contributed by atoms with Crippen molar-refractivity contribution in [2.24, 2.45) is 0 Å². The zero-order valence-corrected chi connectivity index (χ0v) is 12.6. The Balaban J connectivity index is 2.09. The second-order valence-corrected chi connectivity index (χ2v) is 6.63. The monoisotopic (exact) mass is 330 g/mol. The number of carboxylic acids is 2. The summed E-state index contributed by atoms with van der Waals surface area (Å²) in [6.07, 6.45) is 0. The largest absolute Gasteiger partial charge is 0.475 e. The summed E-state index contributed by atoms with van der Waals surface area (Å²) in [4.78, 5) is 22.0. The molecule has 0 saturated heterocycles. The van der Waals surface area contributed by atoms with E-state index in [0.717, 1.165) is 5.30 Å². The Morgan fingerprint density at radius 1 is 0.739 bits per heavy atom. The van der Waals surface area contributed by atoms with Gasteiger partial charge in [0.25, 0.3) is 0 Å². The first-order chi connectivity index (χ1) is 11.1. The van der Waals surface area contributed by atoms with Crippen molar-refractivity contribution in [3.63, 3.8) is 0 Å². The highest BCUT2D eigenvalue weighted by Gasteiger charge is 2.25. The summed E-state index contributed by atoms with van der Waals surface area (Å²) in [5.41, 5.74) is 0.852. The number of carboxylic acid groups (broad SMARTS) is 2. The van der Waals surface area contributed by atoms with E-state index in [-0.39, 0.29) is 11.5 Å². The molecule has 0 radical (unpaired) electrons. The Bertz CT molecular complexity index is 796. The molecule has 0 aliphatic rings. The van der Waals surface area contributed by atoms with Crippen molar-refractivity contribution in [3.05, 3.63) is 66.1 Å². The molecule has 0 aliphatic carbocycles. The maximum absolute atomic E-state index is 11.0. The number of rotatable bonds is 5. The van der Waals surface area contributed by atoms with Gasteiger partial charge in [0.15, 0.2) is 0 Å². The SMILES string of the molecule is O=C(O)c1ccc(P(c2ccccc2)c2ccc(C(=O)O)o2)o1. The lowest BCUT2D eigenvalue weighted by Gasteiger charge is -2.12. The molecule has 0 amide bonds. The molecule has 2 aromatic heterocycles. The molecule has 7 heteroatoms. The first kappa shape index (κ1) is 15.1. The van der Waals surface area contributed by atoms with Crippen LogP contribution in [0.4, 0.5) is 0 Å². The number of hydrogen-bond donors (Lipinski definition) is 2. The van der Waals surface area contributed by atoms with Gasteiger partial charge in [-0.05, 0) is 29.6 Å². The van der Waals surface area contributed by atoms with Gasteiger partial charge in [0.1, 0.15) is 11.0 Å². The summed E-state index contributed by atoms with van der Waals surface area (Å²) in [7, 11) is -1.31. The number of carbonyl (C=O) groups is 2. The molecule has 23 heavy (non-hydrogen) atoms. The fourth-order valence-electron chi connectivity index (χ4n) is 2.07. The van der Waals surface area contributed by atoms with Crippen molar-refractivity contribution in [1.29, 1.82) is 0 Å². The van der Waals surface area contributed by atoms with Crippen molar-refractivity contribution < 1.29 is 28.6 Å². The highest BCUT2D eigenvalue weighted by atomic mass is 31.1. The van der Waals surface area contributed by atoms with E-state index in [1.54, 1.807) is 12.1 Å². The highest BCUT2D eigenvalue weighted by Crippen LogP contribution is 2.34. The molecule has 2 N–H and O–H groups in total. The lowest BCUT2D eigenvalue weighted by Crippen LogP contribution is -2.18. The van der Waals surface area contributed by atoms with Gasteiger partial charge < -0.3 is 19.0 Å². The smallest absolute Gasteiger partial charge is 0.371 e. The highest BCUT2D eigenvalue weighted by molar-refractivity contribution is 7.79. The number of aromatic carboxylic acids is 2. The Morgan fingerprint density at radius 3 is 1.61 bits per heavy atom. The Kier molecular flexibility index (Phi) is 4.00. The van der Waals surface area contributed by atoms with E-state index in [1.165, 1.54) is 12.1 Å². The van der Waals surface area contributed by atoms with Crippen molar-refractivity contribution in [3.8, 4) is 0 Å². The first-order valence-corrected chi connectivity index (χ1v) is 7.92. The normalized spacial score (nSPS) is 10.8. The van der Waals surface area contributed by atoms with Crippen molar-refractivity contribution in [2.75, 3.05) is 0 Å². The number of hydrogen-bond acceptors (Lipinski definition) is 4. The summed E-state index contributed by atoms with van der Waals surface area (Å²) >= 11 is 0. The van der Waals surface area contributed by atoms with Gasteiger partial charge in [0.05, 0.1) is 7.92 Å². The van der Waals surface area contributed by atoms with E-state index < -0.39 is 19.9 Å². The van der Waals surface area contributed by atoms with Crippen LogP contribution in [-0.4, -0.2) is 22.2 Å². The topological polar surface area (TPSA) is 101 Å². The fourth-order valence-corrected chi connectivity index (χ4v) is 4.09. The van der Waals surface area contributed by atoms with Crippen LogP contribution in [0.5, 0.6) is 0 Å². The predicted octanol–water partition coefficient (Wildman–Crippen LogP) is 2.03. The third-order valence-electron chi connectivity index (χ3n) is 3.06. The zero-order chi connectivity index (χ0) is 16.4. The van der Waals surface area contributed by atoms with E-state index >= 15 is 0 Å². The van der Waals surface area contributed by atoms with E-state index in [9.17, 15) is 9.59 Å². The maximum Gasteiger partial charge on any atom is 0.371 e. The molecule has 0 unspecified atom stereocenters. The van der Waals surface area contributed by atoms with E-state index in [2.05, 4.69) is 0 Å². The third kappa shape index (κ3) is 3.03. The summed E-state index contributed by atoms with van der Waals surface area (Å²) in [6, 6.07) is 15.1. The van der Waals surface area contributed by atoms with Gasteiger partial charge in [0, 0.05) is 0 Å². The van der Waals surface area contributed by atoms with Gasteiger partial charge >= 0.3 is 11.9 Å². The fraction of sp³-hybridized carbons (Fsp3) is 0. The van der Waals surface area contributed by atoms with Crippen LogP contribution in [0, 0.1) is 0 Å². The van der Waals surface area contributed by atoms with Crippen molar-refractivity contribution in [2.45, 2.75) is 0 Å². The van der Waals surface area contributed by atoms with E-state index in [4.69, 9.17) is 19.0 Å². The Hall–Kier alpha value is -2.85. The van der Waals surface area contributed by atoms with E-state index in [0.29, 0.717) is 11.0 Å². The van der Waals surface area contributed by atoms with Crippen LogP contribution in [-0.2, 0) is 0 Å². The minimum Gasteiger partial charge on any atom is -0.475 e. The number of benzene rings is 1.